The molecule has 0 aliphatic heterocycles. The third kappa shape index (κ3) is 2.76. The lowest BCUT2D eigenvalue weighted by atomic mass is 9.89. The predicted octanol–water partition coefficient (Wildman–Crippen LogP) is 2.92. The van der Waals surface area contributed by atoms with E-state index in [1.165, 1.54) is 11.1 Å². The average molecular weight is 240 g/mol. The number of methoxy groups -OCH3 is 1. The fraction of sp³-hybridized carbons (Fsp3) is 0.538. The summed E-state index contributed by atoms with van der Waals surface area (Å²) in [5.74, 6) is 0. The Morgan fingerprint density at radius 1 is 1.44 bits per heavy atom. The van der Waals surface area contributed by atoms with E-state index in [4.69, 9.17) is 16.3 Å². The molecule has 1 N–H and O–H groups in total. The molecule has 0 atom stereocenters. The van der Waals surface area contributed by atoms with Crippen LogP contribution < -0.4 is 5.32 Å². The highest BCUT2D eigenvalue weighted by atomic mass is 35.5. The Balaban J connectivity index is 1.82. The van der Waals surface area contributed by atoms with Crippen LogP contribution in [0.3, 0.4) is 0 Å². The minimum absolute atomic E-state index is 0.450. The van der Waals surface area contributed by atoms with Gasteiger partial charge in [-0.2, -0.15) is 0 Å². The Bertz CT molecular complexity index is 361. The quantitative estimate of drug-likeness (QED) is 0.873. The van der Waals surface area contributed by atoms with Crippen molar-refractivity contribution < 1.29 is 4.74 Å². The topological polar surface area (TPSA) is 21.3 Å². The first-order valence-electron chi connectivity index (χ1n) is 5.70. The highest BCUT2D eigenvalue weighted by Crippen LogP contribution is 2.24. The molecule has 0 spiro atoms. The van der Waals surface area contributed by atoms with Gasteiger partial charge in [0.2, 0.25) is 0 Å². The van der Waals surface area contributed by atoms with Gasteiger partial charge in [0, 0.05) is 24.7 Å². The lowest BCUT2D eigenvalue weighted by molar-refractivity contribution is 0.0170. The fourth-order valence-electron chi connectivity index (χ4n) is 1.97. The van der Waals surface area contributed by atoms with Crippen molar-refractivity contribution in [3.8, 4) is 0 Å². The molecule has 0 saturated heterocycles. The van der Waals surface area contributed by atoms with Crippen LogP contribution in [0.5, 0.6) is 0 Å². The molecule has 88 valence electrons. The molecule has 2 rings (SSSR count). The molecule has 2 nitrogen and oxygen atoms in total. The standard InChI is InChI=1S/C13H18ClNO/c1-9-3-4-10(13(14)5-9)8-15-11-6-12(7-11)16-2/h3-5,11-12,15H,6-8H2,1-2H3. The van der Waals surface area contributed by atoms with Crippen molar-refractivity contribution in [3.05, 3.63) is 34.3 Å². The van der Waals surface area contributed by atoms with Crippen molar-refractivity contribution in [2.24, 2.45) is 0 Å². The Morgan fingerprint density at radius 3 is 2.81 bits per heavy atom. The van der Waals surface area contributed by atoms with Crippen molar-refractivity contribution in [2.45, 2.75) is 38.5 Å². The summed E-state index contributed by atoms with van der Waals surface area (Å²) in [7, 11) is 1.78. The van der Waals surface area contributed by atoms with Crippen LogP contribution in [0.25, 0.3) is 0 Å². The van der Waals surface area contributed by atoms with Gasteiger partial charge in [0.25, 0.3) is 0 Å². The van der Waals surface area contributed by atoms with Crippen LogP contribution >= 0.6 is 11.6 Å². The van der Waals surface area contributed by atoms with Gasteiger partial charge in [-0.15, -0.1) is 0 Å². The first kappa shape index (κ1) is 11.9. The summed E-state index contributed by atoms with van der Waals surface area (Å²) in [4.78, 5) is 0. The van der Waals surface area contributed by atoms with Crippen LogP contribution in [-0.2, 0) is 11.3 Å². The predicted molar refractivity (Wildman–Crippen MR) is 66.8 cm³/mol. The van der Waals surface area contributed by atoms with E-state index in [-0.39, 0.29) is 0 Å². The molecule has 1 aliphatic carbocycles. The molecule has 3 heteroatoms. The summed E-state index contributed by atoms with van der Waals surface area (Å²) in [6.07, 6.45) is 2.67. The summed E-state index contributed by atoms with van der Waals surface area (Å²) in [5, 5.41) is 4.35. The zero-order chi connectivity index (χ0) is 11.5. The van der Waals surface area contributed by atoms with Gasteiger partial charge in [0.05, 0.1) is 6.10 Å². The summed E-state index contributed by atoms with van der Waals surface area (Å²) >= 11 is 6.17. The minimum Gasteiger partial charge on any atom is -0.381 e. The van der Waals surface area contributed by atoms with Gasteiger partial charge in [-0.1, -0.05) is 23.7 Å². The van der Waals surface area contributed by atoms with Crippen LogP contribution in [0, 0.1) is 6.92 Å². The Morgan fingerprint density at radius 2 is 2.19 bits per heavy atom. The van der Waals surface area contributed by atoms with Gasteiger partial charge < -0.3 is 10.1 Å². The summed E-state index contributed by atoms with van der Waals surface area (Å²) in [6.45, 7) is 2.90. The van der Waals surface area contributed by atoms with Crippen LogP contribution in [0.4, 0.5) is 0 Å². The molecule has 0 heterocycles. The van der Waals surface area contributed by atoms with Gasteiger partial charge >= 0.3 is 0 Å². The Hall–Kier alpha value is -0.570. The number of ether oxygens (including phenoxy) is 1. The molecule has 0 aromatic heterocycles. The van der Waals surface area contributed by atoms with Gasteiger partial charge in [-0.25, -0.2) is 0 Å². The molecule has 1 fully saturated rings. The van der Waals surface area contributed by atoms with E-state index in [1.807, 2.05) is 6.07 Å². The molecular weight excluding hydrogens is 222 g/mol. The monoisotopic (exact) mass is 239 g/mol. The normalized spacial score (nSPS) is 24.2. The van der Waals surface area contributed by atoms with Gasteiger partial charge in [-0.3, -0.25) is 0 Å². The van der Waals surface area contributed by atoms with E-state index in [9.17, 15) is 0 Å². The molecule has 1 saturated carbocycles. The fourth-order valence-corrected chi connectivity index (χ4v) is 2.28. The van der Waals surface area contributed by atoms with E-state index in [2.05, 4.69) is 24.4 Å². The number of hydrogen-bond donors (Lipinski definition) is 1. The summed E-state index contributed by atoms with van der Waals surface area (Å²) in [6, 6.07) is 6.79. The van der Waals surface area contributed by atoms with Crippen molar-refractivity contribution in [1.29, 1.82) is 0 Å². The second kappa shape index (κ2) is 5.17. The SMILES string of the molecule is COC1CC(NCc2ccc(C)cc2Cl)C1. The molecular formula is C13H18ClNO. The molecule has 0 bridgehead atoms. The number of nitrogens with one attached hydrogen (secondary N) is 1. The van der Waals surface area contributed by atoms with E-state index < -0.39 is 0 Å². The highest BCUT2D eigenvalue weighted by molar-refractivity contribution is 6.31. The second-order valence-electron chi connectivity index (χ2n) is 4.50. The van der Waals surface area contributed by atoms with E-state index >= 15 is 0 Å². The lowest BCUT2D eigenvalue weighted by Gasteiger charge is -2.34. The maximum Gasteiger partial charge on any atom is 0.0601 e. The summed E-state index contributed by atoms with van der Waals surface area (Å²) < 4.78 is 5.24. The zero-order valence-electron chi connectivity index (χ0n) is 9.79. The van der Waals surface area contributed by atoms with E-state index in [1.54, 1.807) is 7.11 Å². The van der Waals surface area contributed by atoms with Crippen LogP contribution in [0.15, 0.2) is 18.2 Å². The average Bonchev–Trinajstić information content (AvgIpc) is 2.18. The maximum absolute atomic E-state index is 6.17. The third-order valence-electron chi connectivity index (χ3n) is 3.22. The lowest BCUT2D eigenvalue weighted by Crippen LogP contribution is -2.44. The van der Waals surface area contributed by atoms with Crippen LogP contribution in [0.2, 0.25) is 5.02 Å². The van der Waals surface area contributed by atoms with Crippen molar-refractivity contribution >= 4 is 11.6 Å². The smallest absolute Gasteiger partial charge is 0.0601 e. The molecule has 0 amide bonds. The number of aryl methyl sites for hydroxylation is 1. The third-order valence-corrected chi connectivity index (χ3v) is 3.57. The molecule has 1 aromatic carbocycles. The maximum atomic E-state index is 6.17. The van der Waals surface area contributed by atoms with Crippen molar-refractivity contribution in [2.75, 3.05) is 7.11 Å². The first-order chi connectivity index (χ1) is 7.69. The Kier molecular flexibility index (Phi) is 3.85. The molecule has 0 radical (unpaired) electrons. The molecule has 16 heavy (non-hydrogen) atoms. The molecule has 1 aliphatic rings. The number of rotatable bonds is 4. The van der Waals surface area contributed by atoms with Crippen LogP contribution in [-0.4, -0.2) is 19.3 Å². The highest BCUT2D eigenvalue weighted by Gasteiger charge is 2.28. The number of hydrogen-bond acceptors (Lipinski definition) is 2. The Labute approximate surface area is 102 Å². The van der Waals surface area contributed by atoms with Crippen molar-refractivity contribution in [1.82, 2.24) is 5.32 Å². The van der Waals surface area contributed by atoms with Crippen molar-refractivity contribution in [3.63, 3.8) is 0 Å². The largest absolute Gasteiger partial charge is 0.381 e. The van der Waals surface area contributed by atoms with E-state index in [0.29, 0.717) is 12.1 Å². The zero-order valence-corrected chi connectivity index (χ0v) is 10.6. The van der Waals surface area contributed by atoms with E-state index in [0.717, 1.165) is 24.4 Å². The van der Waals surface area contributed by atoms with Gasteiger partial charge in [0.1, 0.15) is 0 Å². The minimum atomic E-state index is 0.450. The first-order valence-corrected chi connectivity index (χ1v) is 6.08. The van der Waals surface area contributed by atoms with Crippen LogP contribution in [0.1, 0.15) is 24.0 Å². The summed E-state index contributed by atoms with van der Waals surface area (Å²) in [5.41, 5.74) is 2.38. The number of halogens is 1. The second-order valence-corrected chi connectivity index (χ2v) is 4.91. The number of benzene rings is 1. The molecule has 0 unspecified atom stereocenters. The van der Waals surface area contributed by atoms with Gasteiger partial charge in [0.15, 0.2) is 0 Å². The molecule has 1 aromatic rings. The van der Waals surface area contributed by atoms with Gasteiger partial charge in [-0.05, 0) is 37.0 Å².